The number of nitrogens with two attached hydrogens (primary N) is 1. The van der Waals surface area contributed by atoms with Crippen LogP contribution in [0.2, 0.25) is 5.02 Å². The van der Waals surface area contributed by atoms with Gasteiger partial charge < -0.3 is 15.9 Å². The third-order valence-corrected chi connectivity index (χ3v) is 9.39. The van der Waals surface area contributed by atoms with Crippen LogP contribution in [0.15, 0.2) is 47.5 Å². The maximum Gasteiger partial charge on any atom is 0.118 e. The number of allylic oxidation sites excluding steroid dienone is 1. The van der Waals surface area contributed by atoms with Gasteiger partial charge in [-0.3, -0.25) is 4.90 Å². The van der Waals surface area contributed by atoms with Gasteiger partial charge in [0.05, 0.1) is 5.60 Å². The third-order valence-electron chi connectivity index (χ3n) is 9.03. The van der Waals surface area contributed by atoms with Crippen LogP contribution in [0, 0.1) is 11.8 Å². The van der Waals surface area contributed by atoms with Crippen molar-refractivity contribution in [2.24, 2.45) is 17.6 Å². The number of aromatic hydroxyl groups is 1. The van der Waals surface area contributed by atoms with Crippen LogP contribution in [0.25, 0.3) is 12.3 Å². The summed E-state index contributed by atoms with van der Waals surface area (Å²) in [6.45, 7) is 14.5. The molecule has 5 rings (SSSR count). The first-order chi connectivity index (χ1) is 18.7. The van der Waals surface area contributed by atoms with Crippen molar-refractivity contribution in [2.75, 3.05) is 13.1 Å². The normalized spacial score (nSPS) is 26.0. The minimum atomic E-state index is -0.880. The quantitative estimate of drug-likeness (QED) is 0.414. The number of nitrogens with zero attached hydrogens (tertiary/aromatic N) is 1. The Kier molecular flexibility index (Phi) is 9.52. The van der Waals surface area contributed by atoms with Gasteiger partial charge in [-0.15, -0.1) is 0 Å². The molecule has 2 aromatic rings. The Morgan fingerprint density at radius 3 is 2.62 bits per heavy atom. The van der Waals surface area contributed by atoms with Gasteiger partial charge in [0.2, 0.25) is 0 Å². The van der Waals surface area contributed by atoms with Crippen LogP contribution >= 0.6 is 11.6 Å². The van der Waals surface area contributed by atoms with Gasteiger partial charge in [0.15, 0.2) is 0 Å². The first-order valence-corrected chi connectivity index (χ1v) is 15.3. The highest BCUT2D eigenvalue weighted by Gasteiger charge is 2.52. The van der Waals surface area contributed by atoms with Gasteiger partial charge in [0, 0.05) is 34.9 Å². The zero-order valence-corrected chi connectivity index (χ0v) is 25.0. The summed E-state index contributed by atoms with van der Waals surface area (Å²) in [5.41, 5.74) is 11.1. The lowest BCUT2D eigenvalue weighted by Gasteiger charge is -2.54. The highest BCUT2D eigenvalue weighted by molar-refractivity contribution is 6.30. The molecule has 212 valence electrons. The van der Waals surface area contributed by atoms with E-state index in [1.54, 1.807) is 0 Å². The van der Waals surface area contributed by atoms with Gasteiger partial charge in [0.25, 0.3) is 0 Å². The summed E-state index contributed by atoms with van der Waals surface area (Å²) in [5, 5.41) is 25.2. The Labute approximate surface area is 239 Å². The van der Waals surface area contributed by atoms with Crippen LogP contribution in [-0.4, -0.2) is 39.8 Å². The fourth-order valence-electron chi connectivity index (χ4n) is 6.70. The number of piperidine rings is 1. The fourth-order valence-corrected chi connectivity index (χ4v) is 6.87. The second-order valence-corrected chi connectivity index (χ2v) is 12.1. The number of benzene rings is 2. The number of aryl methyl sites for hydroxylation is 1. The van der Waals surface area contributed by atoms with Crippen LogP contribution in [0.5, 0.6) is 5.75 Å². The first-order valence-electron chi connectivity index (χ1n) is 14.9. The number of phenols is 1. The van der Waals surface area contributed by atoms with Crippen molar-refractivity contribution in [3.8, 4) is 5.75 Å². The molecule has 3 aliphatic rings. The van der Waals surface area contributed by atoms with Gasteiger partial charge in [-0.25, -0.2) is 0 Å². The Morgan fingerprint density at radius 1 is 1.18 bits per heavy atom. The van der Waals surface area contributed by atoms with E-state index in [4.69, 9.17) is 17.3 Å². The lowest BCUT2D eigenvalue weighted by Crippen LogP contribution is -2.63. The smallest absolute Gasteiger partial charge is 0.118 e. The molecule has 0 bridgehead atoms. The molecule has 3 atom stereocenters. The molecule has 1 aliphatic heterocycles. The Morgan fingerprint density at radius 2 is 1.92 bits per heavy atom. The number of phenolic OH excluding ortho intramolecular Hbond substituents is 1. The maximum absolute atomic E-state index is 12.6. The predicted octanol–water partition coefficient (Wildman–Crippen LogP) is 5.69. The lowest BCUT2D eigenvalue weighted by molar-refractivity contribution is -0.125. The van der Waals surface area contributed by atoms with Crippen molar-refractivity contribution < 1.29 is 10.2 Å². The van der Waals surface area contributed by atoms with Gasteiger partial charge >= 0.3 is 0 Å². The topological polar surface area (TPSA) is 69.7 Å². The van der Waals surface area contributed by atoms with Gasteiger partial charge in [-0.05, 0) is 97.9 Å². The molecule has 3 unspecified atom stereocenters. The molecule has 5 heteroatoms. The molecule has 2 fully saturated rings. The molecule has 1 saturated heterocycles. The number of rotatable bonds is 7. The predicted molar refractivity (Wildman–Crippen MR) is 164 cm³/mol. The highest BCUT2D eigenvalue weighted by Crippen LogP contribution is 2.48. The SMILES string of the molecule is C=c1c(Cl)ccc/c1=C(\N)C1=C(C)CC2CCN(CC3CC3)C(Cc3ccc(O)c(CCC)c3)C2(O)C1.CC. The molecule has 39 heavy (non-hydrogen) atoms. The van der Waals surface area contributed by atoms with Gasteiger partial charge in [-0.2, -0.15) is 0 Å². The van der Waals surface area contributed by atoms with E-state index in [9.17, 15) is 10.2 Å². The second kappa shape index (κ2) is 12.5. The number of halogens is 1. The van der Waals surface area contributed by atoms with Crippen LogP contribution < -0.4 is 16.2 Å². The molecule has 0 amide bonds. The molecule has 2 aliphatic carbocycles. The van der Waals surface area contributed by atoms with Crippen LogP contribution in [0.4, 0.5) is 0 Å². The maximum atomic E-state index is 12.6. The summed E-state index contributed by atoms with van der Waals surface area (Å²) < 4.78 is 0. The molecule has 4 nitrogen and oxygen atoms in total. The molecule has 1 saturated carbocycles. The first kappa shape index (κ1) is 29.7. The van der Waals surface area contributed by atoms with E-state index >= 15 is 0 Å². The average Bonchev–Trinajstić information content (AvgIpc) is 3.75. The van der Waals surface area contributed by atoms with Gasteiger partial charge in [-0.1, -0.05) is 75.2 Å². The minimum absolute atomic E-state index is 0.000327. The van der Waals surface area contributed by atoms with E-state index in [0.29, 0.717) is 22.9 Å². The van der Waals surface area contributed by atoms with E-state index < -0.39 is 5.60 Å². The van der Waals surface area contributed by atoms with Crippen molar-refractivity contribution in [3.05, 3.63) is 74.1 Å². The van der Waals surface area contributed by atoms with E-state index in [1.165, 1.54) is 24.0 Å². The molecular weight excluding hydrogens is 504 g/mol. The van der Waals surface area contributed by atoms with Crippen molar-refractivity contribution in [2.45, 2.75) is 90.7 Å². The van der Waals surface area contributed by atoms with Crippen molar-refractivity contribution in [1.82, 2.24) is 4.90 Å². The van der Waals surface area contributed by atoms with Crippen molar-refractivity contribution in [3.63, 3.8) is 0 Å². The molecule has 4 N–H and O–H groups in total. The van der Waals surface area contributed by atoms with E-state index in [1.807, 2.05) is 44.2 Å². The van der Waals surface area contributed by atoms with Crippen molar-refractivity contribution >= 4 is 23.9 Å². The Bertz CT molecular complexity index is 1310. The van der Waals surface area contributed by atoms with E-state index in [-0.39, 0.29) is 12.0 Å². The van der Waals surface area contributed by atoms with Crippen LogP contribution in [0.1, 0.15) is 77.3 Å². The zero-order chi connectivity index (χ0) is 28.3. The zero-order valence-electron chi connectivity index (χ0n) is 24.3. The van der Waals surface area contributed by atoms with E-state index in [0.717, 1.165) is 72.7 Å². The summed E-state index contributed by atoms with van der Waals surface area (Å²) in [6.07, 6.45) is 7.57. The molecular formula is C34H47ClN2O2. The fraction of sp³-hybridized carbons (Fsp3) is 0.529. The third kappa shape index (κ3) is 6.24. The summed E-state index contributed by atoms with van der Waals surface area (Å²) in [7, 11) is 0. The molecule has 1 heterocycles. The number of hydrogen-bond acceptors (Lipinski definition) is 4. The molecule has 0 spiro atoms. The lowest BCUT2D eigenvalue weighted by atomic mass is 9.64. The molecule has 2 aromatic carbocycles. The van der Waals surface area contributed by atoms with Gasteiger partial charge in [0.1, 0.15) is 5.75 Å². The van der Waals surface area contributed by atoms with Crippen LogP contribution in [0.3, 0.4) is 0 Å². The highest BCUT2D eigenvalue weighted by atomic mass is 35.5. The standard InChI is InChI=1S/C32H41ClN2O2.C2H6/c1-4-6-24-16-23(11-12-29(24)36)17-30-32(37)18-27(31(34)26-7-5-8-28(33)21(26)3)20(2)15-25(32)13-14-35(30)19-22-9-10-22;1-2/h5,7-8,11-12,16,22,25,30,36-37H,3-4,6,9-10,13-15,17-19,34H2,1-2H3;1-2H3/b31-26+;. The largest absolute Gasteiger partial charge is 0.508 e. The monoisotopic (exact) mass is 550 g/mol. The Hall–Kier alpha value is -2.27. The number of hydrogen-bond donors (Lipinski definition) is 3. The van der Waals surface area contributed by atoms with Crippen molar-refractivity contribution in [1.29, 1.82) is 0 Å². The Balaban J connectivity index is 0.00000172. The second-order valence-electron chi connectivity index (χ2n) is 11.7. The summed E-state index contributed by atoms with van der Waals surface area (Å²) >= 11 is 6.38. The number of likely N-dealkylation sites (tertiary alicyclic amines) is 1. The summed E-state index contributed by atoms with van der Waals surface area (Å²) in [4.78, 5) is 2.56. The average molecular weight is 551 g/mol. The summed E-state index contributed by atoms with van der Waals surface area (Å²) in [6, 6.07) is 11.7. The number of aliphatic hydroxyl groups is 1. The molecule has 0 radical (unpaired) electrons. The number of fused-ring (bicyclic) bond motifs is 1. The molecule has 0 aromatic heterocycles. The van der Waals surface area contributed by atoms with E-state index in [2.05, 4.69) is 31.4 Å². The minimum Gasteiger partial charge on any atom is -0.508 e. The van der Waals surface area contributed by atoms with Crippen LogP contribution in [-0.2, 0) is 12.8 Å². The summed E-state index contributed by atoms with van der Waals surface area (Å²) in [5.74, 6) is 1.32.